The van der Waals surface area contributed by atoms with Crippen LogP contribution in [0.1, 0.15) is 23.6 Å². The Morgan fingerprint density at radius 1 is 1.12 bits per heavy atom. The number of fused-ring (bicyclic) bond motifs is 1. The number of hydrogen-bond donors (Lipinski definition) is 1. The van der Waals surface area contributed by atoms with Crippen LogP contribution >= 0.6 is 0 Å². The highest BCUT2D eigenvalue weighted by Gasteiger charge is 2.20. The summed E-state index contributed by atoms with van der Waals surface area (Å²) in [5.74, 6) is 0. The molecule has 1 aromatic carbocycles. The molecule has 1 unspecified atom stereocenters. The first kappa shape index (κ1) is 10.5. The SMILES string of the molecule is CNC1CCc2cc(-c3ccncc3)ccc21. The second kappa shape index (κ2) is 4.30. The first-order valence-corrected chi connectivity index (χ1v) is 6.09. The van der Waals surface area contributed by atoms with Gasteiger partial charge in [0, 0.05) is 18.4 Å². The zero-order valence-corrected chi connectivity index (χ0v) is 9.98. The van der Waals surface area contributed by atoms with E-state index in [2.05, 4.69) is 40.6 Å². The molecule has 1 heterocycles. The molecule has 0 radical (unpaired) electrons. The van der Waals surface area contributed by atoms with Gasteiger partial charge in [-0.1, -0.05) is 18.2 Å². The summed E-state index contributed by atoms with van der Waals surface area (Å²) in [5, 5.41) is 3.37. The van der Waals surface area contributed by atoms with Crippen LogP contribution in [0.2, 0.25) is 0 Å². The molecule has 1 N–H and O–H groups in total. The number of nitrogens with one attached hydrogen (secondary N) is 1. The Morgan fingerprint density at radius 3 is 2.71 bits per heavy atom. The van der Waals surface area contributed by atoms with E-state index in [1.165, 1.54) is 35.1 Å². The smallest absolute Gasteiger partial charge is 0.0323 e. The zero-order chi connectivity index (χ0) is 11.7. The molecule has 0 fully saturated rings. The van der Waals surface area contributed by atoms with Gasteiger partial charge in [-0.05, 0) is 54.3 Å². The third-order valence-corrected chi connectivity index (χ3v) is 3.58. The molecule has 1 atom stereocenters. The van der Waals surface area contributed by atoms with E-state index in [4.69, 9.17) is 0 Å². The minimum atomic E-state index is 0.538. The second-order valence-corrected chi connectivity index (χ2v) is 4.53. The van der Waals surface area contributed by atoms with Gasteiger partial charge in [0.05, 0.1) is 0 Å². The molecular formula is C15H16N2. The maximum absolute atomic E-state index is 4.06. The molecular weight excluding hydrogens is 208 g/mol. The van der Waals surface area contributed by atoms with E-state index >= 15 is 0 Å². The van der Waals surface area contributed by atoms with Gasteiger partial charge in [-0.15, -0.1) is 0 Å². The van der Waals surface area contributed by atoms with Gasteiger partial charge in [0.15, 0.2) is 0 Å². The van der Waals surface area contributed by atoms with E-state index in [1.54, 1.807) is 0 Å². The highest BCUT2D eigenvalue weighted by Crippen LogP contribution is 2.33. The average Bonchev–Trinajstić information content (AvgIpc) is 2.81. The molecule has 86 valence electrons. The molecule has 0 saturated heterocycles. The van der Waals surface area contributed by atoms with Crippen LogP contribution in [0.3, 0.4) is 0 Å². The third kappa shape index (κ3) is 1.85. The van der Waals surface area contributed by atoms with Gasteiger partial charge in [0.2, 0.25) is 0 Å². The van der Waals surface area contributed by atoms with Gasteiger partial charge in [-0.2, -0.15) is 0 Å². The Labute approximate surface area is 102 Å². The molecule has 1 aromatic heterocycles. The minimum Gasteiger partial charge on any atom is -0.313 e. The summed E-state index contributed by atoms with van der Waals surface area (Å²) >= 11 is 0. The van der Waals surface area contributed by atoms with Crippen LogP contribution in [0.5, 0.6) is 0 Å². The molecule has 2 nitrogen and oxygen atoms in total. The largest absolute Gasteiger partial charge is 0.313 e. The molecule has 17 heavy (non-hydrogen) atoms. The monoisotopic (exact) mass is 224 g/mol. The second-order valence-electron chi connectivity index (χ2n) is 4.53. The van der Waals surface area contributed by atoms with Crippen LogP contribution in [0.4, 0.5) is 0 Å². The maximum Gasteiger partial charge on any atom is 0.0323 e. The summed E-state index contributed by atoms with van der Waals surface area (Å²) in [7, 11) is 2.04. The summed E-state index contributed by atoms with van der Waals surface area (Å²) in [6.07, 6.45) is 6.09. The van der Waals surface area contributed by atoms with Gasteiger partial charge in [-0.3, -0.25) is 4.98 Å². The van der Waals surface area contributed by atoms with Crippen LogP contribution in [-0.4, -0.2) is 12.0 Å². The van der Waals surface area contributed by atoms with E-state index in [1.807, 2.05) is 19.4 Å². The lowest BCUT2D eigenvalue weighted by Crippen LogP contribution is -2.12. The number of benzene rings is 1. The van der Waals surface area contributed by atoms with Gasteiger partial charge in [0.25, 0.3) is 0 Å². The first-order valence-electron chi connectivity index (χ1n) is 6.09. The van der Waals surface area contributed by atoms with Crippen molar-refractivity contribution in [2.24, 2.45) is 0 Å². The lowest BCUT2D eigenvalue weighted by molar-refractivity contribution is 0.590. The average molecular weight is 224 g/mol. The predicted octanol–water partition coefficient (Wildman–Crippen LogP) is 2.96. The topological polar surface area (TPSA) is 24.9 Å². The lowest BCUT2D eigenvalue weighted by atomic mass is 10.0. The summed E-state index contributed by atoms with van der Waals surface area (Å²) in [5.41, 5.74) is 5.49. The fourth-order valence-corrected chi connectivity index (χ4v) is 2.64. The number of aromatic nitrogens is 1. The molecule has 0 bridgehead atoms. The van der Waals surface area contributed by atoms with E-state index in [9.17, 15) is 0 Å². The standard InChI is InChI=1S/C15H16N2/c1-16-15-5-3-13-10-12(2-4-14(13)15)11-6-8-17-9-7-11/h2,4,6-10,15-16H,3,5H2,1H3. The van der Waals surface area contributed by atoms with Crippen molar-refractivity contribution in [3.05, 3.63) is 53.9 Å². The Hall–Kier alpha value is -1.67. The van der Waals surface area contributed by atoms with Gasteiger partial charge in [0.1, 0.15) is 0 Å². The molecule has 2 aromatic rings. The van der Waals surface area contributed by atoms with Crippen molar-refractivity contribution in [1.82, 2.24) is 10.3 Å². The number of nitrogens with zero attached hydrogens (tertiary/aromatic N) is 1. The molecule has 1 aliphatic rings. The Morgan fingerprint density at radius 2 is 1.94 bits per heavy atom. The van der Waals surface area contributed by atoms with E-state index in [0.717, 1.165) is 0 Å². The summed E-state index contributed by atoms with van der Waals surface area (Å²) in [6, 6.07) is 11.5. The minimum absolute atomic E-state index is 0.538. The number of pyridine rings is 1. The van der Waals surface area contributed by atoms with Crippen LogP contribution in [0.15, 0.2) is 42.7 Å². The predicted molar refractivity (Wildman–Crippen MR) is 69.8 cm³/mol. The summed E-state index contributed by atoms with van der Waals surface area (Å²) in [6.45, 7) is 0. The molecule has 0 saturated carbocycles. The number of aryl methyl sites for hydroxylation is 1. The quantitative estimate of drug-likeness (QED) is 0.848. The van der Waals surface area contributed by atoms with Crippen molar-refractivity contribution in [2.75, 3.05) is 7.05 Å². The normalized spacial score (nSPS) is 18.1. The summed E-state index contributed by atoms with van der Waals surface area (Å²) < 4.78 is 0. The van der Waals surface area contributed by atoms with Crippen LogP contribution in [0, 0.1) is 0 Å². The Balaban J connectivity index is 2.01. The fourth-order valence-electron chi connectivity index (χ4n) is 2.64. The number of rotatable bonds is 2. The van der Waals surface area contributed by atoms with Gasteiger partial charge < -0.3 is 5.32 Å². The highest BCUT2D eigenvalue weighted by molar-refractivity contribution is 5.65. The van der Waals surface area contributed by atoms with Gasteiger partial charge in [-0.25, -0.2) is 0 Å². The van der Waals surface area contributed by atoms with Crippen LogP contribution in [-0.2, 0) is 6.42 Å². The van der Waals surface area contributed by atoms with Crippen LogP contribution < -0.4 is 5.32 Å². The molecule has 3 rings (SSSR count). The van der Waals surface area contributed by atoms with Crippen molar-refractivity contribution in [2.45, 2.75) is 18.9 Å². The number of hydrogen-bond acceptors (Lipinski definition) is 2. The van der Waals surface area contributed by atoms with Gasteiger partial charge >= 0.3 is 0 Å². The van der Waals surface area contributed by atoms with E-state index < -0.39 is 0 Å². The Kier molecular flexibility index (Phi) is 2.65. The van der Waals surface area contributed by atoms with Crippen LogP contribution in [0.25, 0.3) is 11.1 Å². The third-order valence-electron chi connectivity index (χ3n) is 3.58. The Bertz CT molecular complexity index is 520. The van der Waals surface area contributed by atoms with Crippen molar-refractivity contribution in [3.8, 4) is 11.1 Å². The molecule has 2 heteroatoms. The summed E-state index contributed by atoms with van der Waals surface area (Å²) in [4.78, 5) is 4.06. The maximum atomic E-state index is 4.06. The first-order chi connectivity index (χ1) is 8.38. The van der Waals surface area contributed by atoms with E-state index in [-0.39, 0.29) is 0 Å². The van der Waals surface area contributed by atoms with E-state index in [0.29, 0.717) is 6.04 Å². The zero-order valence-electron chi connectivity index (χ0n) is 9.98. The lowest BCUT2D eigenvalue weighted by Gasteiger charge is -2.10. The molecule has 0 spiro atoms. The fraction of sp³-hybridized carbons (Fsp3) is 0.267. The molecule has 1 aliphatic carbocycles. The molecule has 0 amide bonds. The van der Waals surface area contributed by atoms with Crippen molar-refractivity contribution in [3.63, 3.8) is 0 Å². The van der Waals surface area contributed by atoms with Crippen molar-refractivity contribution in [1.29, 1.82) is 0 Å². The highest BCUT2D eigenvalue weighted by atomic mass is 14.9. The molecule has 0 aliphatic heterocycles. The van der Waals surface area contributed by atoms with Crippen molar-refractivity contribution < 1.29 is 0 Å². The van der Waals surface area contributed by atoms with Crippen molar-refractivity contribution >= 4 is 0 Å².